The van der Waals surface area contributed by atoms with E-state index < -0.39 is 52.8 Å². The molecule has 0 amide bonds. The van der Waals surface area contributed by atoms with E-state index in [1.165, 1.54) is 22.4 Å². The first-order valence-electron chi connectivity index (χ1n) is 13.7. The summed E-state index contributed by atoms with van der Waals surface area (Å²) < 4.78 is 68.2. The second-order valence-electron chi connectivity index (χ2n) is 11.1. The van der Waals surface area contributed by atoms with Crippen LogP contribution in [0.5, 0.6) is 5.75 Å². The Morgan fingerprint density at radius 3 is 1.53 bits per heavy atom. The zero-order chi connectivity index (χ0) is 32.5. The van der Waals surface area contributed by atoms with Crippen LogP contribution in [0.15, 0.2) is 64.2 Å². The van der Waals surface area contributed by atoms with Crippen LogP contribution < -0.4 is 4.98 Å². The third-order valence-electron chi connectivity index (χ3n) is 6.46. The summed E-state index contributed by atoms with van der Waals surface area (Å²) in [4.78, 5) is 4.11. The summed E-state index contributed by atoms with van der Waals surface area (Å²) in [5.74, 6) is -11.9. The van der Waals surface area contributed by atoms with E-state index in [0.29, 0.717) is 11.8 Å². The number of halogens is 5. The third-order valence-corrected chi connectivity index (χ3v) is 8.87. The maximum Gasteiger partial charge on any atom is 0.206 e. The molecule has 0 spiro atoms. The molecule has 1 N–H and O–H groups in total. The van der Waals surface area contributed by atoms with Gasteiger partial charge in [-0.25, -0.2) is 13.2 Å². The molecule has 0 aliphatic rings. The molecule has 0 aliphatic carbocycles. The SMILES string of the molecule is CC(C)c1cccc(C(C)C)c1[N]=[Mo]=[CH]C(C)(C)c1ccccc1.Cc1ccc(C)[n-]1.Oc1c(F)c(F)c(F)c(F)c1F. The van der Waals surface area contributed by atoms with E-state index in [0.717, 1.165) is 11.4 Å². The minimum Gasteiger partial charge on any atom is -0.665 e. The molecule has 1 heterocycles. The van der Waals surface area contributed by atoms with Crippen molar-refractivity contribution in [3.63, 3.8) is 0 Å². The van der Waals surface area contributed by atoms with Crippen molar-refractivity contribution in [2.24, 2.45) is 3.50 Å². The van der Waals surface area contributed by atoms with Gasteiger partial charge in [-0.05, 0) is 0 Å². The number of aromatic hydroxyl groups is 1. The van der Waals surface area contributed by atoms with Gasteiger partial charge in [-0.15, -0.1) is 0 Å². The third kappa shape index (κ3) is 9.89. The van der Waals surface area contributed by atoms with Crippen LogP contribution in [0.1, 0.15) is 81.5 Å². The minimum absolute atomic E-state index is 0.0811. The molecule has 9 heteroatoms. The molecule has 232 valence electrons. The molecular formula is C34H38F5MoN2O-. The molecule has 1 aromatic heterocycles. The van der Waals surface area contributed by atoms with Crippen molar-refractivity contribution >= 4 is 10.1 Å². The van der Waals surface area contributed by atoms with E-state index in [-0.39, 0.29) is 5.41 Å². The minimum atomic E-state index is -2.29. The summed E-state index contributed by atoms with van der Waals surface area (Å²) in [5, 5.41) is 8.30. The number of phenolic OH excluding ortho intramolecular Hbond substituents is 1. The molecule has 0 unspecified atom stereocenters. The van der Waals surface area contributed by atoms with Crippen LogP contribution >= 0.6 is 0 Å². The van der Waals surface area contributed by atoms with Crippen LogP contribution in [0.25, 0.3) is 0 Å². The van der Waals surface area contributed by atoms with Gasteiger partial charge in [-0.3, -0.25) is 0 Å². The van der Waals surface area contributed by atoms with Crippen molar-refractivity contribution in [3.8, 4) is 5.75 Å². The first kappa shape index (κ1) is 35.9. The smallest absolute Gasteiger partial charge is 0.206 e. The van der Waals surface area contributed by atoms with Crippen LogP contribution in [0.2, 0.25) is 0 Å². The molecule has 4 rings (SSSR count). The molecule has 0 fully saturated rings. The van der Waals surface area contributed by atoms with E-state index in [2.05, 4.69) is 99.5 Å². The Morgan fingerprint density at radius 1 is 0.698 bits per heavy atom. The molecule has 0 saturated carbocycles. The molecule has 4 aromatic rings. The number of phenols is 1. The van der Waals surface area contributed by atoms with E-state index in [4.69, 9.17) is 8.60 Å². The normalized spacial score (nSPS) is 11.0. The predicted octanol–water partition coefficient (Wildman–Crippen LogP) is 9.96. The number of hydrogen-bond acceptors (Lipinski definition) is 2. The first-order valence-corrected chi connectivity index (χ1v) is 15.8. The number of rotatable bonds is 5. The summed E-state index contributed by atoms with van der Waals surface area (Å²) in [6.45, 7) is 17.6. The van der Waals surface area contributed by atoms with Crippen LogP contribution in [0.4, 0.5) is 27.6 Å². The van der Waals surface area contributed by atoms with Gasteiger partial charge in [0.15, 0.2) is 5.75 Å². The molecule has 43 heavy (non-hydrogen) atoms. The molecule has 0 aliphatic heterocycles. The van der Waals surface area contributed by atoms with E-state index in [9.17, 15) is 22.0 Å². The first-order chi connectivity index (χ1) is 20.1. The summed E-state index contributed by atoms with van der Waals surface area (Å²) in [6.07, 6.45) is 0. The van der Waals surface area contributed by atoms with Crippen molar-refractivity contribution in [2.75, 3.05) is 0 Å². The van der Waals surface area contributed by atoms with Crippen molar-refractivity contribution in [1.82, 2.24) is 4.98 Å². The van der Waals surface area contributed by atoms with E-state index in [1.807, 2.05) is 26.0 Å². The summed E-state index contributed by atoms with van der Waals surface area (Å²) in [7, 11) is 0. The Hall–Kier alpha value is -3.25. The Kier molecular flexibility index (Phi) is 13.4. The van der Waals surface area contributed by atoms with Gasteiger partial charge in [-0.2, -0.15) is 20.2 Å². The second-order valence-corrected chi connectivity index (χ2v) is 12.7. The topological polar surface area (TPSA) is 46.7 Å². The van der Waals surface area contributed by atoms with Gasteiger partial charge in [0.05, 0.1) is 0 Å². The monoisotopic (exact) mass is 683 g/mol. The molecule has 0 saturated heterocycles. The zero-order valence-electron chi connectivity index (χ0n) is 25.6. The maximum absolute atomic E-state index is 12.2. The average Bonchev–Trinajstić information content (AvgIpc) is 3.36. The van der Waals surface area contributed by atoms with Gasteiger partial charge in [0.1, 0.15) is 0 Å². The fourth-order valence-electron chi connectivity index (χ4n) is 3.95. The Bertz CT molecular complexity index is 1430. The molecular weight excluding hydrogens is 643 g/mol. The fourth-order valence-corrected chi connectivity index (χ4v) is 5.84. The van der Waals surface area contributed by atoms with Crippen molar-refractivity contribution in [2.45, 2.75) is 72.6 Å². The van der Waals surface area contributed by atoms with Crippen LogP contribution in [-0.2, 0) is 23.3 Å². The van der Waals surface area contributed by atoms with E-state index in [1.54, 1.807) is 0 Å². The van der Waals surface area contributed by atoms with Crippen LogP contribution in [0, 0.1) is 42.9 Å². The maximum atomic E-state index is 12.2. The zero-order valence-corrected chi connectivity index (χ0v) is 27.7. The Morgan fingerprint density at radius 2 is 1.14 bits per heavy atom. The number of hydrogen-bond donors (Lipinski definition) is 1. The van der Waals surface area contributed by atoms with Crippen molar-refractivity contribution in [1.29, 1.82) is 0 Å². The molecule has 3 nitrogen and oxygen atoms in total. The van der Waals surface area contributed by atoms with Gasteiger partial charge in [-0.1, -0.05) is 26.0 Å². The van der Waals surface area contributed by atoms with E-state index >= 15 is 0 Å². The second kappa shape index (κ2) is 16.0. The molecule has 0 bridgehead atoms. The van der Waals surface area contributed by atoms with Gasteiger partial charge in [0.2, 0.25) is 29.1 Å². The van der Waals surface area contributed by atoms with Crippen LogP contribution in [-0.4, -0.2) is 9.51 Å². The van der Waals surface area contributed by atoms with Crippen molar-refractivity contribution < 1.29 is 45.0 Å². The fraction of sp³-hybridized carbons (Fsp3) is 0.324. The summed E-state index contributed by atoms with van der Waals surface area (Å²) in [6, 6.07) is 21.4. The van der Waals surface area contributed by atoms with Gasteiger partial charge >= 0.3 is 156 Å². The van der Waals surface area contributed by atoms with Crippen molar-refractivity contribution in [3.05, 3.63) is 118 Å². The number of aryl methyl sites for hydroxylation is 2. The summed E-state index contributed by atoms with van der Waals surface area (Å²) in [5.41, 5.74) is 7.69. The largest absolute Gasteiger partial charge is 0.665 e. The quantitative estimate of drug-likeness (QED) is 0.0987. The van der Waals surface area contributed by atoms with Crippen LogP contribution in [0.3, 0.4) is 0 Å². The number of benzene rings is 3. The van der Waals surface area contributed by atoms with Gasteiger partial charge in [0, 0.05) is 0 Å². The molecule has 0 radical (unpaired) electrons. The predicted molar refractivity (Wildman–Crippen MR) is 159 cm³/mol. The summed E-state index contributed by atoms with van der Waals surface area (Å²) >= 11 is -0.553. The molecule has 3 aromatic carbocycles. The Balaban J connectivity index is 0.000000278. The average molecular weight is 682 g/mol. The standard InChI is InChI=1S/C12H17N.C10H12.C6HF5O.C6H8N.Mo/c1-8(2)10-6-5-7-11(9(3)4)12(10)13;1-10(2,3)9-7-5-4-6-8-9;7-1-2(8)4(10)6(12)5(11)3(1)9;1-5-3-4-6(2)7-5;/h5-9H,1-4H3;1,4-8H,2-3H3;12H;3-4H,1-2H3;/q;;;-1;. The van der Waals surface area contributed by atoms with Gasteiger partial charge < -0.3 is 10.1 Å². The number of aromatic nitrogens is 1. The Labute approximate surface area is 259 Å². The number of nitrogens with zero attached hydrogens (tertiary/aromatic N) is 2. The van der Waals surface area contributed by atoms with Gasteiger partial charge in [0.25, 0.3) is 0 Å². The molecule has 0 atom stereocenters.